The molecule has 0 fully saturated rings. The Morgan fingerprint density at radius 1 is 0.338 bits per heavy atom. The third-order valence-corrected chi connectivity index (χ3v) is 15.6. The van der Waals surface area contributed by atoms with Gasteiger partial charge in [0, 0.05) is 63.6 Å². The van der Waals surface area contributed by atoms with Gasteiger partial charge in [-0.25, -0.2) is 0 Å². The van der Waals surface area contributed by atoms with Gasteiger partial charge in [-0.3, -0.25) is 0 Å². The zero-order chi connectivity index (χ0) is 50.2. The average molecular weight is 993 g/mol. The number of fused-ring (bicyclic) bond motifs is 12. The van der Waals surface area contributed by atoms with Gasteiger partial charge < -0.3 is 13.7 Å². The number of alkyl halides is 6. The number of hydrogen-bond acceptors (Lipinski definition) is 2. The zero-order valence-corrected chi connectivity index (χ0v) is 39.4. The molecule has 0 aliphatic heterocycles. The third-order valence-electron chi connectivity index (χ3n) is 14.5. The van der Waals surface area contributed by atoms with Crippen molar-refractivity contribution < 1.29 is 26.3 Å². The van der Waals surface area contributed by atoms with Crippen LogP contribution in [0.1, 0.15) is 16.7 Å². The Morgan fingerprint density at radius 2 is 0.730 bits per heavy atom. The van der Waals surface area contributed by atoms with Crippen LogP contribution in [0.2, 0.25) is 0 Å². The summed E-state index contributed by atoms with van der Waals surface area (Å²) in [6.45, 7) is 0. The van der Waals surface area contributed by atoms with Crippen LogP contribution in [0.25, 0.3) is 125 Å². The lowest BCUT2D eigenvalue weighted by molar-refractivity contribution is -0.138. The minimum Gasteiger partial charge on any atom is -0.306 e. The van der Waals surface area contributed by atoms with Crippen molar-refractivity contribution in [3.8, 4) is 45.4 Å². The SMILES string of the molecule is N#Cc1c(-c2ccccc2)c(-n2c3ccccc3c3cc(C(F)(F)F)ccc32)c(-n2c3ccccc3c3cc4sc5ccccc5c4cc32)c(-n2c3ccccc3c3cc(C(F)(F)F)ccc32)c1-c1ccccc1. The summed E-state index contributed by atoms with van der Waals surface area (Å²) >= 11 is 1.69. The van der Waals surface area contributed by atoms with Crippen LogP contribution in [-0.4, -0.2) is 13.7 Å². The highest BCUT2D eigenvalue weighted by Gasteiger charge is 2.36. The van der Waals surface area contributed by atoms with Crippen LogP contribution in [0.3, 0.4) is 0 Å². The molecule has 74 heavy (non-hydrogen) atoms. The molecule has 0 aliphatic carbocycles. The van der Waals surface area contributed by atoms with Gasteiger partial charge in [-0.05, 0) is 83.9 Å². The number of nitrogens with zero attached hydrogens (tertiary/aromatic N) is 4. The van der Waals surface area contributed by atoms with E-state index >= 15 is 0 Å². The summed E-state index contributed by atoms with van der Waals surface area (Å²) in [4.78, 5) is 0. The summed E-state index contributed by atoms with van der Waals surface area (Å²) in [6.07, 6.45) is -9.31. The molecule has 10 aromatic carbocycles. The topological polar surface area (TPSA) is 38.6 Å². The summed E-state index contributed by atoms with van der Waals surface area (Å²) in [6, 6.07) is 64.7. The average Bonchev–Trinajstić information content (AvgIpc) is 4.20. The van der Waals surface area contributed by atoms with Crippen LogP contribution in [0.5, 0.6) is 0 Å². The molecule has 0 atom stereocenters. The lowest BCUT2D eigenvalue weighted by Gasteiger charge is -2.29. The second kappa shape index (κ2) is 15.9. The first-order valence-electron chi connectivity index (χ1n) is 23.8. The van der Waals surface area contributed by atoms with E-state index in [1.807, 2.05) is 137 Å². The fourth-order valence-electron chi connectivity index (χ4n) is 11.4. The quantitative estimate of drug-likeness (QED) is 0.158. The third kappa shape index (κ3) is 6.34. The first kappa shape index (κ1) is 43.7. The Kier molecular flexibility index (Phi) is 9.41. The highest BCUT2D eigenvalue weighted by Crippen LogP contribution is 2.53. The molecule has 4 nitrogen and oxygen atoms in total. The van der Waals surface area contributed by atoms with Crippen molar-refractivity contribution >= 4 is 96.9 Å². The summed E-state index contributed by atoms with van der Waals surface area (Å²) in [5, 5.41) is 17.8. The van der Waals surface area contributed by atoms with Crippen molar-refractivity contribution in [2.24, 2.45) is 0 Å². The van der Waals surface area contributed by atoms with E-state index in [0.717, 1.165) is 54.1 Å². The van der Waals surface area contributed by atoms with Gasteiger partial charge in [-0.2, -0.15) is 31.6 Å². The van der Waals surface area contributed by atoms with Gasteiger partial charge in [-0.1, -0.05) is 133 Å². The summed E-state index contributed by atoms with van der Waals surface area (Å²) in [5.74, 6) is 0. The maximum atomic E-state index is 14.8. The van der Waals surface area contributed by atoms with E-state index in [9.17, 15) is 31.6 Å². The first-order chi connectivity index (χ1) is 36.0. The van der Waals surface area contributed by atoms with Crippen molar-refractivity contribution in [2.45, 2.75) is 12.4 Å². The molecule has 0 saturated carbocycles. The smallest absolute Gasteiger partial charge is 0.306 e. The molecule has 0 N–H and O–H groups in total. The highest BCUT2D eigenvalue weighted by molar-refractivity contribution is 7.25. The summed E-state index contributed by atoms with van der Waals surface area (Å²) < 4.78 is 97.2. The van der Waals surface area contributed by atoms with Gasteiger partial charge >= 0.3 is 12.4 Å². The largest absolute Gasteiger partial charge is 0.416 e. The predicted octanol–water partition coefficient (Wildman–Crippen LogP) is 18.6. The molecular formula is C63H34F6N4S. The zero-order valence-electron chi connectivity index (χ0n) is 38.6. The Balaban J connectivity index is 1.33. The minimum atomic E-state index is -4.65. The van der Waals surface area contributed by atoms with E-state index in [4.69, 9.17) is 0 Å². The molecule has 11 heteroatoms. The van der Waals surface area contributed by atoms with Crippen molar-refractivity contribution in [3.63, 3.8) is 0 Å². The van der Waals surface area contributed by atoms with Crippen molar-refractivity contribution in [2.75, 3.05) is 0 Å². The Hall–Kier alpha value is -9.11. The molecule has 4 heterocycles. The first-order valence-corrected chi connectivity index (χ1v) is 24.6. The fraction of sp³-hybridized carbons (Fsp3) is 0.0317. The molecule has 0 saturated heterocycles. The van der Waals surface area contributed by atoms with E-state index < -0.39 is 23.5 Å². The highest BCUT2D eigenvalue weighted by atomic mass is 32.1. The standard InChI is InChI=1S/C63H34F6N4S/c64-62(65,66)38-27-29-52-44(31-38)40-19-7-11-23-49(40)71(52)59-57(36-15-3-1-4-16-36)48(35-70)58(37-17-5-2-6-18-37)60(72-50-24-12-8-20-41(50)45-32-39(63(67,68)69)28-30-53(45)72)61(59)73-51-25-13-9-21-42(51)46-34-56-47(33-54(46)73)43-22-10-14-26-55(43)74-56/h1-34H. The Morgan fingerprint density at radius 3 is 1.19 bits per heavy atom. The van der Waals surface area contributed by atoms with Crippen LogP contribution >= 0.6 is 11.3 Å². The number of rotatable bonds is 5. The van der Waals surface area contributed by atoms with Crippen LogP contribution in [0, 0.1) is 11.3 Å². The van der Waals surface area contributed by atoms with Gasteiger partial charge in [0.25, 0.3) is 0 Å². The number of benzene rings is 10. The second-order valence-corrected chi connectivity index (χ2v) is 19.6. The lowest BCUT2D eigenvalue weighted by atomic mass is 9.87. The Bertz CT molecular complexity index is 4510. The Labute approximate surface area is 421 Å². The molecule has 0 aliphatic rings. The number of thiophene rings is 1. The van der Waals surface area contributed by atoms with E-state index in [1.54, 1.807) is 23.5 Å². The van der Waals surface area contributed by atoms with Crippen molar-refractivity contribution in [1.29, 1.82) is 5.26 Å². The molecule has 0 spiro atoms. The van der Waals surface area contributed by atoms with Gasteiger partial charge in [-0.15, -0.1) is 11.3 Å². The van der Waals surface area contributed by atoms with Crippen LogP contribution < -0.4 is 0 Å². The minimum absolute atomic E-state index is 0.249. The van der Waals surface area contributed by atoms with E-state index in [0.29, 0.717) is 82.9 Å². The van der Waals surface area contributed by atoms with Gasteiger partial charge in [0.1, 0.15) is 6.07 Å². The molecule has 14 aromatic rings. The van der Waals surface area contributed by atoms with Gasteiger partial charge in [0.2, 0.25) is 0 Å². The summed E-state index contributed by atoms with van der Waals surface area (Å²) in [7, 11) is 0. The number of nitriles is 1. The molecule has 0 amide bonds. The summed E-state index contributed by atoms with van der Waals surface area (Å²) in [5.41, 5.74) is 6.07. The van der Waals surface area contributed by atoms with Crippen LogP contribution in [0.15, 0.2) is 206 Å². The molecule has 14 rings (SSSR count). The molecule has 0 unspecified atom stereocenters. The second-order valence-electron chi connectivity index (χ2n) is 18.5. The molecule has 0 bridgehead atoms. The van der Waals surface area contributed by atoms with Gasteiger partial charge in [0.05, 0.1) is 66.9 Å². The van der Waals surface area contributed by atoms with E-state index in [1.165, 1.54) is 24.3 Å². The predicted molar refractivity (Wildman–Crippen MR) is 288 cm³/mol. The lowest BCUT2D eigenvalue weighted by Crippen LogP contribution is -2.14. The van der Waals surface area contributed by atoms with Gasteiger partial charge in [0.15, 0.2) is 0 Å². The molecular weight excluding hydrogens is 959 g/mol. The number of hydrogen-bond donors (Lipinski definition) is 0. The monoisotopic (exact) mass is 992 g/mol. The van der Waals surface area contributed by atoms with Crippen LogP contribution in [0.4, 0.5) is 26.3 Å². The number of aromatic nitrogens is 3. The molecule has 4 aromatic heterocycles. The van der Waals surface area contributed by atoms with Crippen molar-refractivity contribution in [1.82, 2.24) is 13.7 Å². The number of para-hydroxylation sites is 3. The van der Waals surface area contributed by atoms with Crippen molar-refractivity contribution in [3.05, 3.63) is 223 Å². The van der Waals surface area contributed by atoms with E-state index in [2.05, 4.69) is 41.0 Å². The maximum Gasteiger partial charge on any atom is 0.416 e. The fourth-order valence-corrected chi connectivity index (χ4v) is 12.6. The normalized spacial score (nSPS) is 12.4. The number of halogens is 6. The molecule has 354 valence electrons. The maximum absolute atomic E-state index is 14.8. The van der Waals surface area contributed by atoms with E-state index in [-0.39, 0.29) is 5.56 Å². The molecule has 0 radical (unpaired) electrons. The van der Waals surface area contributed by atoms with Crippen LogP contribution in [-0.2, 0) is 12.4 Å².